The van der Waals surface area contributed by atoms with Gasteiger partial charge >= 0.3 is 186 Å². The molecule has 4 rings (SSSR count). The van der Waals surface area contributed by atoms with E-state index >= 15 is 0 Å². The summed E-state index contributed by atoms with van der Waals surface area (Å²) in [6, 6.07) is 16.6. The second-order valence-electron chi connectivity index (χ2n) is 8.34. The zero-order valence-electron chi connectivity index (χ0n) is 20.6. The van der Waals surface area contributed by atoms with Gasteiger partial charge in [-0.05, 0) is 0 Å². The van der Waals surface area contributed by atoms with Crippen LogP contribution in [-0.4, -0.2) is 31.4 Å². The summed E-state index contributed by atoms with van der Waals surface area (Å²) >= 11 is -0.156. The Hall–Kier alpha value is -3.58. The van der Waals surface area contributed by atoms with Gasteiger partial charge < -0.3 is 0 Å². The number of hydrogen-bond donors (Lipinski definition) is 1. The molecule has 1 atom stereocenters. The molecule has 2 aromatic carbocycles. The van der Waals surface area contributed by atoms with Gasteiger partial charge in [0.2, 0.25) is 0 Å². The number of nitrogens with zero attached hydrogens (tertiary/aromatic N) is 8. The Morgan fingerprint density at radius 1 is 0.743 bits per heavy atom. The van der Waals surface area contributed by atoms with Crippen molar-refractivity contribution in [3.63, 3.8) is 0 Å². The molecule has 1 N–H and O–H groups in total. The summed E-state index contributed by atoms with van der Waals surface area (Å²) in [5, 5.41) is 22.1. The first-order chi connectivity index (χ1) is 17.0. The van der Waals surface area contributed by atoms with Crippen molar-refractivity contribution in [1.29, 1.82) is 0 Å². The first kappa shape index (κ1) is 24.5. The molecule has 2 aromatic heterocycles. The molecule has 0 radical (unpaired) electrons. The van der Waals surface area contributed by atoms with Crippen LogP contribution in [0.25, 0.3) is 0 Å². The average Bonchev–Trinajstić information content (AvgIpc) is 3.37. The molecule has 0 aliphatic carbocycles. The van der Waals surface area contributed by atoms with Crippen LogP contribution in [0.4, 0.5) is 29.0 Å². The fraction of sp³-hybridized carbons (Fsp3) is 0.280. The molecule has 0 bridgehead atoms. The minimum atomic E-state index is -0.156. The normalized spacial score (nSPS) is 12.0. The molecule has 0 spiro atoms. The standard InChI is InChI=1S/C25H31AsN9/c1-32-16-17-33(2)24(32)30-28-22-8-6-20(7-9-22)26-14-5-15-27-21-10-12-23(13-11-21)29-31-25-34(3)18-19-35(25)4/h6-13,16-19,26H,5,14-15H2,1-4H3/q+1/p+1. The van der Waals surface area contributed by atoms with Crippen LogP contribution >= 0.6 is 0 Å². The molecule has 10 heteroatoms. The summed E-state index contributed by atoms with van der Waals surface area (Å²) in [7, 11) is 7.84. The third kappa shape index (κ3) is 6.73. The van der Waals surface area contributed by atoms with E-state index in [1.807, 2.05) is 83.4 Å². The Bertz CT molecular complexity index is 1160. The van der Waals surface area contributed by atoms with Gasteiger partial charge in [0.05, 0.1) is 26.5 Å². The maximum atomic E-state index is 4.37. The fourth-order valence-corrected chi connectivity index (χ4v) is 5.69. The van der Waals surface area contributed by atoms with E-state index in [1.165, 1.54) is 9.56 Å². The molecular formula is C25H32AsN9+2. The van der Waals surface area contributed by atoms with Gasteiger partial charge in [0.15, 0.2) is 0 Å². The summed E-state index contributed by atoms with van der Waals surface area (Å²) in [4.78, 5) is 0. The van der Waals surface area contributed by atoms with Gasteiger partial charge in [-0.15, -0.1) is 0 Å². The molecular weight excluding hydrogens is 501 g/mol. The predicted molar refractivity (Wildman–Crippen MR) is 139 cm³/mol. The summed E-state index contributed by atoms with van der Waals surface area (Å²) in [6.07, 6.45) is 8.99. The molecule has 180 valence electrons. The molecule has 0 aliphatic heterocycles. The Morgan fingerprint density at radius 2 is 1.26 bits per heavy atom. The van der Waals surface area contributed by atoms with Crippen LogP contribution in [0.2, 0.25) is 5.21 Å². The number of azo groups is 2. The van der Waals surface area contributed by atoms with E-state index in [4.69, 9.17) is 0 Å². The van der Waals surface area contributed by atoms with Gasteiger partial charge in [-0.3, -0.25) is 0 Å². The van der Waals surface area contributed by atoms with E-state index in [1.54, 1.807) is 0 Å². The minimum absolute atomic E-state index is 0.156. The summed E-state index contributed by atoms with van der Waals surface area (Å²) in [5.41, 5.74) is 2.82. The Balaban J connectivity index is 1.18. The van der Waals surface area contributed by atoms with Crippen molar-refractivity contribution in [2.75, 3.05) is 11.9 Å². The van der Waals surface area contributed by atoms with Crippen LogP contribution in [0.5, 0.6) is 0 Å². The van der Waals surface area contributed by atoms with Gasteiger partial charge in [-0.25, -0.2) is 0 Å². The van der Waals surface area contributed by atoms with E-state index in [-0.39, 0.29) is 15.8 Å². The molecule has 0 saturated carbocycles. The van der Waals surface area contributed by atoms with Crippen molar-refractivity contribution < 1.29 is 9.13 Å². The number of nitrogens with one attached hydrogen (secondary N) is 1. The van der Waals surface area contributed by atoms with E-state index in [2.05, 4.69) is 62.2 Å². The topological polar surface area (TPSA) is 79.1 Å². The number of benzene rings is 2. The van der Waals surface area contributed by atoms with Crippen molar-refractivity contribution in [2.24, 2.45) is 48.6 Å². The van der Waals surface area contributed by atoms with E-state index in [9.17, 15) is 0 Å². The number of rotatable bonds is 10. The molecule has 0 fully saturated rings. The van der Waals surface area contributed by atoms with Crippen LogP contribution in [0, 0.1) is 0 Å². The van der Waals surface area contributed by atoms with Crippen LogP contribution in [0.1, 0.15) is 6.42 Å². The van der Waals surface area contributed by atoms with Crippen LogP contribution in [0.15, 0.2) is 93.8 Å². The average molecular weight is 534 g/mol. The number of hydrogen-bond acceptors (Lipinski definition) is 5. The van der Waals surface area contributed by atoms with Crippen molar-refractivity contribution in [1.82, 2.24) is 9.13 Å². The van der Waals surface area contributed by atoms with Crippen molar-refractivity contribution in [2.45, 2.75) is 11.6 Å². The predicted octanol–water partition coefficient (Wildman–Crippen LogP) is 3.83. The van der Waals surface area contributed by atoms with E-state index < -0.39 is 0 Å². The van der Waals surface area contributed by atoms with Crippen molar-refractivity contribution in [3.8, 4) is 0 Å². The van der Waals surface area contributed by atoms with Crippen LogP contribution in [0.3, 0.4) is 0 Å². The summed E-state index contributed by atoms with van der Waals surface area (Å²) in [6.45, 7) is 0.962. The number of imidazole rings is 2. The van der Waals surface area contributed by atoms with Crippen LogP contribution < -0.4 is 18.8 Å². The van der Waals surface area contributed by atoms with Gasteiger partial charge in [-0.2, -0.15) is 0 Å². The first-order valence-electron chi connectivity index (χ1n) is 11.5. The molecule has 2 heterocycles. The van der Waals surface area contributed by atoms with E-state index in [0.29, 0.717) is 0 Å². The molecule has 35 heavy (non-hydrogen) atoms. The van der Waals surface area contributed by atoms with Gasteiger partial charge in [0.1, 0.15) is 0 Å². The Labute approximate surface area is 212 Å². The molecule has 0 aliphatic rings. The SMILES string of the molecule is Cn1cc[n+](C)c1N=Nc1ccc(NCCC[AsH]c2ccc(N=Nc3n(C)cc[n+]3C)cc2)cc1. The van der Waals surface area contributed by atoms with E-state index in [0.717, 1.165) is 41.9 Å². The zero-order chi connectivity index (χ0) is 24.6. The van der Waals surface area contributed by atoms with Gasteiger partial charge in [-0.1, -0.05) is 0 Å². The third-order valence-corrected chi connectivity index (χ3v) is 8.37. The van der Waals surface area contributed by atoms with Crippen LogP contribution in [-0.2, 0) is 28.2 Å². The third-order valence-electron chi connectivity index (χ3n) is 5.55. The quantitative estimate of drug-likeness (QED) is 0.143. The number of anilines is 1. The monoisotopic (exact) mass is 533 g/mol. The second kappa shape index (κ2) is 11.7. The fourth-order valence-electron chi connectivity index (χ4n) is 3.50. The number of aromatic nitrogens is 4. The molecule has 9 nitrogen and oxygen atoms in total. The van der Waals surface area contributed by atoms with Crippen molar-refractivity contribution >= 4 is 49.1 Å². The molecule has 0 saturated heterocycles. The number of aryl methyl sites for hydroxylation is 4. The maximum absolute atomic E-state index is 4.37. The Morgan fingerprint density at radius 3 is 1.74 bits per heavy atom. The van der Waals surface area contributed by atoms with Gasteiger partial charge in [0.25, 0.3) is 0 Å². The van der Waals surface area contributed by atoms with Crippen molar-refractivity contribution in [3.05, 3.63) is 73.3 Å². The second-order valence-corrected chi connectivity index (χ2v) is 11.3. The Kier molecular flexibility index (Phi) is 8.21. The molecule has 0 amide bonds. The summed E-state index contributed by atoms with van der Waals surface area (Å²) < 4.78 is 9.21. The zero-order valence-corrected chi connectivity index (χ0v) is 22.7. The molecule has 1 unspecified atom stereocenters. The summed E-state index contributed by atoms with van der Waals surface area (Å²) in [5.74, 6) is 1.62. The van der Waals surface area contributed by atoms with Gasteiger partial charge in [0, 0.05) is 0 Å². The molecule has 4 aromatic rings. The first-order valence-corrected chi connectivity index (χ1v) is 14.1.